The van der Waals surface area contributed by atoms with Gasteiger partial charge in [0.25, 0.3) is 5.91 Å². The van der Waals surface area contributed by atoms with E-state index in [4.69, 9.17) is 10.5 Å². The summed E-state index contributed by atoms with van der Waals surface area (Å²) in [5.41, 5.74) is 7.75. The van der Waals surface area contributed by atoms with Crippen molar-refractivity contribution in [1.29, 1.82) is 0 Å². The van der Waals surface area contributed by atoms with E-state index in [1.807, 2.05) is 6.08 Å². The second-order valence-electron chi connectivity index (χ2n) is 6.04. The lowest BCUT2D eigenvalue weighted by atomic mass is 9.78. The number of rotatable bonds is 5. The highest BCUT2D eigenvalue weighted by Crippen LogP contribution is 2.35. The minimum absolute atomic E-state index is 0.0706. The van der Waals surface area contributed by atoms with Crippen LogP contribution in [0.3, 0.4) is 0 Å². The van der Waals surface area contributed by atoms with Crippen LogP contribution in [-0.2, 0) is 4.74 Å². The van der Waals surface area contributed by atoms with Crippen molar-refractivity contribution >= 4 is 23.2 Å². The van der Waals surface area contributed by atoms with Crippen molar-refractivity contribution < 1.29 is 19.1 Å². The minimum Gasteiger partial charge on any atom is -0.397 e. The van der Waals surface area contributed by atoms with Crippen molar-refractivity contribution in [2.24, 2.45) is 0 Å². The number of carbonyl (C=O) groups is 3. The first-order valence-corrected chi connectivity index (χ1v) is 8.25. The summed E-state index contributed by atoms with van der Waals surface area (Å²) >= 11 is 0. The molecule has 2 aliphatic carbocycles. The van der Waals surface area contributed by atoms with Gasteiger partial charge in [-0.2, -0.15) is 0 Å². The van der Waals surface area contributed by atoms with E-state index in [1.165, 1.54) is 12.1 Å². The number of benzene rings is 1. The van der Waals surface area contributed by atoms with E-state index < -0.39 is 0 Å². The summed E-state index contributed by atoms with van der Waals surface area (Å²) in [4.78, 5) is 37.8. The molecule has 3 N–H and O–H groups in total. The van der Waals surface area contributed by atoms with E-state index in [2.05, 4.69) is 5.32 Å². The number of methoxy groups -OCH3 is 1. The molecule has 6 nitrogen and oxygen atoms in total. The van der Waals surface area contributed by atoms with Gasteiger partial charge in [0.2, 0.25) is 0 Å². The lowest BCUT2D eigenvalue weighted by Crippen LogP contribution is -2.29. The van der Waals surface area contributed by atoms with Gasteiger partial charge >= 0.3 is 0 Å². The quantitative estimate of drug-likeness (QED) is 0.631. The van der Waals surface area contributed by atoms with Crippen molar-refractivity contribution in [1.82, 2.24) is 5.32 Å². The van der Waals surface area contributed by atoms with Crippen LogP contribution in [0.5, 0.6) is 0 Å². The highest BCUT2D eigenvalue weighted by Gasteiger charge is 2.34. The summed E-state index contributed by atoms with van der Waals surface area (Å²) in [6, 6.07) is 3.02. The van der Waals surface area contributed by atoms with Crippen LogP contribution < -0.4 is 11.1 Å². The maximum Gasteiger partial charge on any atom is 0.253 e. The fraction of sp³-hybridized carbons (Fsp3) is 0.316. The van der Waals surface area contributed by atoms with Crippen LogP contribution in [0.25, 0.3) is 0 Å². The summed E-state index contributed by atoms with van der Waals surface area (Å²) in [6.45, 7) is 0.980. The molecule has 0 saturated carbocycles. The Balaban J connectivity index is 1.93. The molecule has 0 unspecified atom stereocenters. The second-order valence-corrected chi connectivity index (χ2v) is 6.04. The van der Waals surface area contributed by atoms with Crippen molar-refractivity contribution in [3.05, 3.63) is 52.1 Å². The monoisotopic (exact) mass is 340 g/mol. The van der Waals surface area contributed by atoms with Gasteiger partial charge in [-0.05, 0) is 31.4 Å². The molecule has 6 heteroatoms. The number of allylic oxidation sites excluding steroid dienone is 4. The molecule has 0 spiro atoms. The molecule has 130 valence electrons. The molecule has 1 aromatic carbocycles. The van der Waals surface area contributed by atoms with Gasteiger partial charge in [-0.3, -0.25) is 14.4 Å². The molecule has 0 bridgehead atoms. The molecule has 2 aliphatic rings. The smallest absolute Gasteiger partial charge is 0.253 e. The molecule has 0 atom stereocenters. The Labute approximate surface area is 145 Å². The topological polar surface area (TPSA) is 98.5 Å². The summed E-state index contributed by atoms with van der Waals surface area (Å²) < 4.78 is 4.93. The first-order valence-electron chi connectivity index (χ1n) is 8.25. The highest BCUT2D eigenvalue weighted by atomic mass is 16.5. The highest BCUT2D eigenvalue weighted by molar-refractivity contribution is 6.30. The zero-order valence-electron chi connectivity index (χ0n) is 14.1. The SMILES string of the molecule is COCCCNC(=O)c1ccc2c(c1N)C(=O)C1=C(C=CCC1)C2=O. The standard InChI is InChI=1S/C19H20N2O4/c1-25-10-4-9-21-19(24)14-8-7-13-15(16(14)20)18(23)12-6-3-2-5-11(12)17(13)22/h2,5,7-8H,3-4,6,9-10,20H2,1H3,(H,21,24). The van der Waals surface area contributed by atoms with Crippen LogP contribution in [0.4, 0.5) is 5.69 Å². The molecule has 25 heavy (non-hydrogen) atoms. The molecule has 1 amide bonds. The van der Waals surface area contributed by atoms with Crippen LogP contribution in [0, 0.1) is 0 Å². The van der Waals surface area contributed by atoms with Crippen molar-refractivity contribution in [2.45, 2.75) is 19.3 Å². The number of hydrogen-bond acceptors (Lipinski definition) is 5. The van der Waals surface area contributed by atoms with Crippen LogP contribution in [0.2, 0.25) is 0 Å². The summed E-state index contributed by atoms with van der Waals surface area (Å²) in [5, 5.41) is 2.75. The predicted molar refractivity (Wildman–Crippen MR) is 93.7 cm³/mol. The number of carbonyl (C=O) groups excluding carboxylic acids is 3. The van der Waals surface area contributed by atoms with E-state index in [9.17, 15) is 14.4 Å². The van der Waals surface area contributed by atoms with Crippen molar-refractivity contribution in [3.8, 4) is 0 Å². The fourth-order valence-corrected chi connectivity index (χ4v) is 3.17. The lowest BCUT2D eigenvalue weighted by molar-refractivity contribution is 0.0947. The number of ketones is 2. The van der Waals surface area contributed by atoms with Crippen LogP contribution in [-0.4, -0.2) is 37.7 Å². The molecule has 0 saturated heterocycles. The van der Waals surface area contributed by atoms with E-state index in [1.54, 1.807) is 13.2 Å². The number of nitrogens with one attached hydrogen (secondary N) is 1. The number of nitrogen functional groups attached to an aromatic ring is 1. The molecule has 3 rings (SSSR count). The Kier molecular flexibility index (Phi) is 4.81. The second kappa shape index (κ2) is 7.03. The first-order chi connectivity index (χ1) is 12.1. The van der Waals surface area contributed by atoms with Gasteiger partial charge in [-0.1, -0.05) is 12.2 Å². The van der Waals surface area contributed by atoms with Gasteiger partial charge in [-0.25, -0.2) is 0 Å². The first kappa shape index (κ1) is 17.1. The molecule has 0 radical (unpaired) electrons. The summed E-state index contributed by atoms with van der Waals surface area (Å²) in [5.74, 6) is -0.820. The average Bonchev–Trinajstić information content (AvgIpc) is 2.63. The zero-order valence-corrected chi connectivity index (χ0v) is 14.1. The van der Waals surface area contributed by atoms with Gasteiger partial charge < -0.3 is 15.8 Å². The van der Waals surface area contributed by atoms with E-state index >= 15 is 0 Å². The third-order valence-corrected chi connectivity index (χ3v) is 4.46. The Morgan fingerprint density at radius 1 is 1.28 bits per heavy atom. The van der Waals surface area contributed by atoms with E-state index in [0.717, 1.165) is 0 Å². The van der Waals surface area contributed by atoms with E-state index in [0.29, 0.717) is 43.6 Å². The summed E-state index contributed by atoms with van der Waals surface area (Å²) in [6.07, 6.45) is 5.50. The normalized spacial score (nSPS) is 15.9. The summed E-state index contributed by atoms with van der Waals surface area (Å²) in [7, 11) is 1.59. The van der Waals surface area contributed by atoms with Gasteiger partial charge in [0.05, 0.1) is 16.8 Å². The van der Waals surface area contributed by atoms with Crippen molar-refractivity contribution in [2.75, 3.05) is 26.0 Å². The Morgan fingerprint density at radius 2 is 2.08 bits per heavy atom. The van der Waals surface area contributed by atoms with Gasteiger partial charge in [0.15, 0.2) is 11.6 Å². The Bertz CT molecular complexity index is 821. The molecule has 0 heterocycles. The molecule has 0 aromatic heterocycles. The number of hydrogen-bond donors (Lipinski definition) is 2. The third-order valence-electron chi connectivity index (χ3n) is 4.46. The van der Waals surface area contributed by atoms with Gasteiger partial charge in [-0.15, -0.1) is 0 Å². The van der Waals surface area contributed by atoms with Gasteiger partial charge in [0.1, 0.15) is 0 Å². The third kappa shape index (κ3) is 3.00. The van der Waals surface area contributed by atoms with Gasteiger partial charge in [0, 0.05) is 37.0 Å². The number of fused-ring (bicyclic) bond motifs is 1. The molecule has 0 aliphatic heterocycles. The average molecular weight is 340 g/mol. The number of ether oxygens (including phenoxy) is 1. The minimum atomic E-state index is -0.361. The number of Topliss-reactive ketones (excluding diaryl/α,β-unsaturated/α-hetero) is 2. The Hall–Kier alpha value is -2.73. The van der Waals surface area contributed by atoms with Crippen molar-refractivity contribution in [3.63, 3.8) is 0 Å². The lowest BCUT2D eigenvalue weighted by Gasteiger charge is -2.23. The zero-order chi connectivity index (χ0) is 18.0. The van der Waals surface area contributed by atoms with Crippen LogP contribution in [0.1, 0.15) is 50.3 Å². The maximum atomic E-state index is 12.8. The number of nitrogens with two attached hydrogens (primary N) is 1. The number of anilines is 1. The van der Waals surface area contributed by atoms with Crippen LogP contribution >= 0.6 is 0 Å². The Morgan fingerprint density at radius 3 is 2.84 bits per heavy atom. The van der Waals surface area contributed by atoms with E-state index in [-0.39, 0.29) is 39.9 Å². The predicted octanol–water partition coefficient (Wildman–Crippen LogP) is 2.06. The number of amides is 1. The molecule has 0 fully saturated rings. The maximum absolute atomic E-state index is 12.8. The fourth-order valence-electron chi connectivity index (χ4n) is 3.17. The molecular weight excluding hydrogens is 320 g/mol. The molecule has 1 aromatic rings. The molecular formula is C19H20N2O4. The largest absolute Gasteiger partial charge is 0.397 e. The van der Waals surface area contributed by atoms with Crippen LogP contribution in [0.15, 0.2) is 35.4 Å².